The minimum Gasteiger partial charge on any atom is -0.497 e. The van der Waals surface area contributed by atoms with Crippen LogP contribution in [-0.4, -0.2) is 48.7 Å². The summed E-state index contributed by atoms with van der Waals surface area (Å²) in [6.45, 7) is 11.7. The lowest BCUT2D eigenvalue weighted by Crippen LogP contribution is -2.31. The molecule has 4 aromatic carbocycles. The molecule has 2 aromatic heterocycles. The number of carbonyl (C=O) groups is 1. The summed E-state index contributed by atoms with van der Waals surface area (Å²) in [5.41, 5.74) is 7.78. The first kappa shape index (κ1) is 40.4. The van der Waals surface area contributed by atoms with Crippen molar-refractivity contribution in [3.63, 3.8) is 0 Å². The number of nitrogens with one attached hydrogen (secondary N) is 1. The molecule has 6 rings (SSSR count). The second-order valence-electron chi connectivity index (χ2n) is 12.6. The van der Waals surface area contributed by atoms with Crippen molar-refractivity contribution in [3.8, 4) is 28.0 Å². The van der Waals surface area contributed by atoms with Gasteiger partial charge < -0.3 is 24.9 Å². The summed E-state index contributed by atoms with van der Waals surface area (Å²) in [6, 6.07) is 37.7. The Balaban J connectivity index is 0.000000630. The fourth-order valence-corrected chi connectivity index (χ4v) is 5.62. The van der Waals surface area contributed by atoms with Gasteiger partial charge in [0.1, 0.15) is 23.5 Å². The van der Waals surface area contributed by atoms with E-state index >= 15 is 0 Å². The number of carbonyl (C=O) groups excluding carboxylic acids is 1. The average Bonchev–Trinajstić information content (AvgIpc) is 3.16. The van der Waals surface area contributed by atoms with Crippen molar-refractivity contribution in [2.45, 2.75) is 46.3 Å². The summed E-state index contributed by atoms with van der Waals surface area (Å²) in [5, 5.41) is 12.7. The van der Waals surface area contributed by atoms with Crippen LogP contribution in [0.1, 0.15) is 37.5 Å². The highest BCUT2D eigenvalue weighted by Gasteiger charge is 2.22. The quantitative estimate of drug-likeness (QED) is 0.153. The summed E-state index contributed by atoms with van der Waals surface area (Å²) >= 11 is 7.10. The molecule has 0 aliphatic rings. The van der Waals surface area contributed by atoms with Gasteiger partial charge in [-0.3, -0.25) is 4.98 Å². The van der Waals surface area contributed by atoms with Gasteiger partial charge in [-0.2, -0.15) is 0 Å². The highest BCUT2D eigenvalue weighted by atomic mass is 35.5. The van der Waals surface area contributed by atoms with Gasteiger partial charge in [-0.05, 0) is 86.1 Å². The van der Waals surface area contributed by atoms with Crippen LogP contribution in [0.25, 0.3) is 33.0 Å². The van der Waals surface area contributed by atoms with Gasteiger partial charge >= 0.3 is 0 Å². The Kier molecular flexibility index (Phi) is 15.8. The number of fused-ring (bicyclic) bond motifs is 1. The Morgan fingerprint density at radius 2 is 1.37 bits per heavy atom. The molecule has 0 spiro atoms. The van der Waals surface area contributed by atoms with Gasteiger partial charge in [0.05, 0.1) is 7.11 Å². The Hall–Kier alpha value is -5.08. The predicted molar refractivity (Wildman–Crippen MR) is 214 cm³/mol. The number of aliphatic hydroxyl groups excluding tert-OH is 1. The van der Waals surface area contributed by atoms with Crippen molar-refractivity contribution < 1.29 is 14.6 Å². The Morgan fingerprint density at radius 1 is 0.804 bits per heavy atom. The number of aryl methyl sites for hydroxylation is 1. The van der Waals surface area contributed by atoms with E-state index in [0.29, 0.717) is 23.8 Å². The maximum absolute atomic E-state index is 8.00. The van der Waals surface area contributed by atoms with Crippen LogP contribution < -0.4 is 15.0 Å². The lowest BCUT2D eigenvalue weighted by Gasteiger charge is -2.28. The van der Waals surface area contributed by atoms with Crippen molar-refractivity contribution in [2.24, 2.45) is 0 Å². The fraction of sp³-hybridized carbons (Fsp3) is 0.233. The number of benzene rings is 4. The maximum atomic E-state index is 8.00. The molecule has 0 aliphatic carbocycles. The summed E-state index contributed by atoms with van der Waals surface area (Å²) < 4.78 is 5.41. The molecule has 0 unspecified atom stereocenters. The molecule has 0 bridgehead atoms. The summed E-state index contributed by atoms with van der Waals surface area (Å²) in [7, 11) is 4.64. The molecule has 2 N–H and O–H groups in total. The maximum Gasteiger partial charge on any atom is 0.140 e. The molecule has 51 heavy (non-hydrogen) atoms. The molecule has 0 fully saturated rings. The second kappa shape index (κ2) is 19.9. The van der Waals surface area contributed by atoms with E-state index in [2.05, 4.69) is 121 Å². The van der Waals surface area contributed by atoms with Crippen molar-refractivity contribution in [3.05, 3.63) is 143 Å². The average molecular weight is 705 g/mol. The predicted octanol–water partition coefficient (Wildman–Crippen LogP) is 9.57. The van der Waals surface area contributed by atoms with E-state index in [0.717, 1.165) is 62.8 Å². The Morgan fingerprint density at radius 3 is 1.92 bits per heavy atom. The highest BCUT2D eigenvalue weighted by Crippen LogP contribution is 2.43. The van der Waals surface area contributed by atoms with Gasteiger partial charge in [-0.1, -0.05) is 103 Å². The second-order valence-corrected chi connectivity index (χ2v) is 13.0. The van der Waals surface area contributed by atoms with Crippen LogP contribution in [0.4, 0.5) is 5.82 Å². The molecule has 0 amide bonds. The first-order valence-corrected chi connectivity index (χ1v) is 17.0. The van der Waals surface area contributed by atoms with E-state index in [1.807, 2.05) is 57.4 Å². The minimum absolute atomic E-state index is 0.292. The van der Waals surface area contributed by atoms with Gasteiger partial charge in [0.25, 0.3) is 0 Å². The van der Waals surface area contributed by atoms with Gasteiger partial charge in [0, 0.05) is 54.6 Å². The third-order valence-electron chi connectivity index (χ3n) is 8.01. The van der Waals surface area contributed by atoms with Gasteiger partial charge in [0.2, 0.25) is 0 Å². The van der Waals surface area contributed by atoms with E-state index in [1.54, 1.807) is 7.11 Å². The number of anilines is 1. The number of pyridine rings is 2. The van der Waals surface area contributed by atoms with Crippen LogP contribution in [0, 0.1) is 6.92 Å². The lowest BCUT2D eigenvalue weighted by molar-refractivity contribution is -0.0980. The molecule has 0 saturated heterocycles. The third kappa shape index (κ3) is 11.2. The Bertz CT molecular complexity index is 1930. The molecule has 7 nitrogen and oxygen atoms in total. The van der Waals surface area contributed by atoms with Crippen molar-refractivity contribution in [1.29, 1.82) is 0 Å². The van der Waals surface area contributed by atoms with Crippen LogP contribution in [0.3, 0.4) is 0 Å². The van der Waals surface area contributed by atoms with Gasteiger partial charge in [-0.15, -0.1) is 0 Å². The molecule has 2 heterocycles. The van der Waals surface area contributed by atoms with E-state index in [4.69, 9.17) is 31.2 Å². The van der Waals surface area contributed by atoms with Crippen molar-refractivity contribution in [2.75, 3.05) is 26.2 Å². The van der Waals surface area contributed by atoms with Crippen LogP contribution in [-0.2, 0) is 17.9 Å². The Labute approximate surface area is 307 Å². The van der Waals surface area contributed by atoms with Crippen LogP contribution in [0.2, 0.25) is 5.15 Å². The first-order chi connectivity index (χ1) is 24.7. The van der Waals surface area contributed by atoms with E-state index in [1.165, 1.54) is 5.56 Å². The first-order valence-electron chi connectivity index (χ1n) is 16.6. The van der Waals surface area contributed by atoms with Crippen LogP contribution in [0.5, 0.6) is 5.75 Å². The largest absolute Gasteiger partial charge is 0.497 e. The van der Waals surface area contributed by atoms with Crippen LogP contribution >= 0.6 is 11.6 Å². The number of aromatic nitrogens is 2. The fourth-order valence-electron chi connectivity index (χ4n) is 5.33. The molecule has 8 heteroatoms. The molecule has 266 valence electrons. The zero-order chi connectivity index (χ0) is 37.4. The van der Waals surface area contributed by atoms with Crippen molar-refractivity contribution >= 4 is 35.0 Å². The van der Waals surface area contributed by atoms with E-state index in [9.17, 15) is 0 Å². The summed E-state index contributed by atoms with van der Waals surface area (Å²) in [6.07, 6.45) is 3.72. The standard InChI is InChI=1S/C36H30ClN3O.C5H13N.CH4O.CH2O/c1-25-20-29(22-38-21-25)33-32-15-9-14-31(28-12-7-4-8-13-28)34(32)36(39-35(33)37)40(23-26-10-5-3-6-11-26)24-27-16-18-30(41-2)19-17-27;1-5(2,3)6-4;2*1-2/h3-22H,23-24H2,1-2H3;6H,1-4H3;2H,1H3;1H2. The van der Waals surface area contributed by atoms with Crippen molar-refractivity contribution in [1.82, 2.24) is 15.3 Å². The number of aliphatic hydroxyl groups is 1. The monoisotopic (exact) mass is 704 g/mol. The zero-order valence-electron chi connectivity index (χ0n) is 30.7. The number of nitrogens with zero attached hydrogens (tertiary/aromatic N) is 3. The number of methoxy groups -OCH3 is 1. The molecule has 0 radical (unpaired) electrons. The zero-order valence-corrected chi connectivity index (χ0v) is 31.4. The summed E-state index contributed by atoms with van der Waals surface area (Å²) in [4.78, 5) is 19.9. The van der Waals surface area contributed by atoms with Gasteiger partial charge in [-0.25, -0.2) is 4.98 Å². The molecule has 6 aromatic rings. The summed E-state index contributed by atoms with van der Waals surface area (Å²) in [5.74, 6) is 1.67. The van der Waals surface area contributed by atoms with E-state index in [-0.39, 0.29) is 0 Å². The number of hydrogen-bond donors (Lipinski definition) is 2. The molecule has 0 atom stereocenters. The third-order valence-corrected chi connectivity index (χ3v) is 8.29. The molecular formula is C43H49ClN4O3. The minimum atomic E-state index is 0.292. The lowest BCUT2D eigenvalue weighted by atomic mass is 9.94. The number of rotatable bonds is 8. The number of ether oxygens (including phenoxy) is 1. The smallest absolute Gasteiger partial charge is 0.140 e. The molecule has 0 saturated carbocycles. The number of hydrogen-bond acceptors (Lipinski definition) is 7. The SMILES string of the molecule is C=O.CNC(C)(C)C.CO.COc1ccc(CN(Cc2ccccc2)c2nc(Cl)c(-c3cncc(C)c3)c3cccc(-c4ccccc4)c23)cc1. The number of halogens is 1. The topological polar surface area (TPSA) is 87.6 Å². The van der Waals surface area contributed by atoms with Gasteiger partial charge in [0.15, 0.2) is 0 Å². The molecular weight excluding hydrogens is 656 g/mol. The van der Waals surface area contributed by atoms with E-state index < -0.39 is 0 Å². The highest BCUT2D eigenvalue weighted by molar-refractivity contribution is 6.34. The normalized spacial score (nSPS) is 10.5. The van der Waals surface area contributed by atoms with Crippen LogP contribution in [0.15, 0.2) is 122 Å². The molecule has 0 aliphatic heterocycles.